The van der Waals surface area contributed by atoms with E-state index in [2.05, 4.69) is 43.4 Å². The molecule has 304 valence electrons. The molecule has 2 unspecified atom stereocenters. The van der Waals surface area contributed by atoms with E-state index >= 15 is 0 Å². The van der Waals surface area contributed by atoms with Gasteiger partial charge in [-0.3, -0.25) is 14.3 Å². The SMILES string of the molecule is COc1ccc(C(OC[C@H]2O[C@@H](n3cc(-c4ccccc4)c(=O)[nH]c3=O)CC2OP(OCCC#N)N(C(C)C)C(C)C)(c2ccccc2)c2ccc(OC)cc2)cc1. The lowest BCUT2D eigenvalue weighted by Crippen LogP contribution is -2.39. The topological polar surface area (TPSA) is 137 Å². The summed E-state index contributed by atoms with van der Waals surface area (Å²) in [6.07, 6.45) is -0.221. The first-order valence-corrected chi connectivity index (χ1v) is 20.5. The maximum Gasteiger partial charge on any atom is 0.330 e. The number of methoxy groups -OCH3 is 2. The maximum atomic E-state index is 13.6. The lowest BCUT2D eigenvalue weighted by atomic mass is 9.80. The highest BCUT2D eigenvalue weighted by Gasteiger charge is 2.45. The number of benzene rings is 4. The van der Waals surface area contributed by atoms with Gasteiger partial charge < -0.3 is 28.0 Å². The maximum absolute atomic E-state index is 13.6. The molecule has 58 heavy (non-hydrogen) atoms. The predicted octanol–water partition coefficient (Wildman–Crippen LogP) is 8.18. The Balaban J connectivity index is 1.45. The molecule has 12 nitrogen and oxygen atoms in total. The minimum Gasteiger partial charge on any atom is -0.497 e. The van der Waals surface area contributed by atoms with Gasteiger partial charge in [-0.1, -0.05) is 84.9 Å². The zero-order chi connectivity index (χ0) is 41.2. The normalized spacial score (nSPS) is 17.4. The van der Waals surface area contributed by atoms with Crippen LogP contribution < -0.4 is 20.7 Å². The molecule has 0 spiro atoms. The Morgan fingerprint density at radius 3 is 1.93 bits per heavy atom. The summed E-state index contributed by atoms with van der Waals surface area (Å²) in [5.41, 5.74) is 1.28. The van der Waals surface area contributed by atoms with Crippen LogP contribution >= 0.6 is 8.53 Å². The van der Waals surface area contributed by atoms with Gasteiger partial charge in [0.05, 0.1) is 51.6 Å². The third-order valence-corrected chi connectivity index (χ3v) is 12.2. The average molecular weight is 807 g/mol. The Bertz CT molecular complexity index is 2170. The van der Waals surface area contributed by atoms with E-state index in [0.29, 0.717) is 22.6 Å². The fourth-order valence-electron chi connectivity index (χ4n) is 7.35. The number of aromatic amines is 1. The number of nitriles is 1. The molecule has 1 aliphatic heterocycles. The first kappa shape index (κ1) is 42.5. The second-order valence-corrected chi connectivity index (χ2v) is 15.9. The summed E-state index contributed by atoms with van der Waals surface area (Å²) in [5, 5.41) is 9.37. The molecule has 2 heterocycles. The molecule has 6 rings (SSSR count). The summed E-state index contributed by atoms with van der Waals surface area (Å²) >= 11 is 0. The van der Waals surface area contributed by atoms with Crippen LogP contribution in [0.5, 0.6) is 11.5 Å². The van der Waals surface area contributed by atoms with E-state index < -0.39 is 43.8 Å². The van der Waals surface area contributed by atoms with Gasteiger partial charge in [-0.05, 0) is 74.2 Å². The first-order chi connectivity index (χ1) is 28.1. The van der Waals surface area contributed by atoms with Gasteiger partial charge in [0, 0.05) is 24.7 Å². The van der Waals surface area contributed by atoms with Crippen LogP contribution in [0.15, 0.2) is 125 Å². The van der Waals surface area contributed by atoms with Crippen LogP contribution in [0.1, 0.15) is 63.5 Å². The van der Waals surface area contributed by atoms with E-state index in [9.17, 15) is 14.9 Å². The van der Waals surface area contributed by atoms with Gasteiger partial charge in [0.2, 0.25) is 0 Å². The zero-order valence-electron chi connectivity index (χ0n) is 33.7. The molecule has 0 radical (unpaired) electrons. The Morgan fingerprint density at radius 2 is 1.40 bits per heavy atom. The van der Waals surface area contributed by atoms with Crippen LogP contribution in [0.3, 0.4) is 0 Å². The van der Waals surface area contributed by atoms with Gasteiger partial charge in [-0.2, -0.15) is 5.26 Å². The summed E-state index contributed by atoms with van der Waals surface area (Å²) in [6, 6.07) is 36.9. The quantitative estimate of drug-likeness (QED) is 0.0525. The number of rotatable bonds is 18. The first-order valence-electron chi connectivity index (χ1n) is 19.4. The van der Waals surface area contributed by atoms with E-state index in [-0.39, 0.29) is 38.1 Å². The third kappa shape index (κ3) is 9.43. The smallest absolute Gasteiger partial charge is 0.330 e. The van der Waals surface area contributed by atoms with Crippen LogP contribution in [-0.2, 0) is 24.1 Å². The van der Waals surface area contributed by atoms with Gasteiger partial charge >= 0.3 is 5.69 Å². The molecule has 1 aliphatic rings. The molecule has 4 atom stereocenters. The number of nitrogens with zero attached hydrogens (tertiary/aromatic N) is 3. The second-order valence-electron chi connectivity index (χ2n) is 14.4. The highest BCUT2D eigenvalue weighted by Crippen LogP contribution is 2.50. The average Bonchev–Trinajstić information content (AvgIpc) is 3.63. The van der Waals surface area contributed by atoms with Crippen molar-refractivity contribution in [2.75, 3.05) is 27.4 Å². The van der Waals surface area contributed by atoms with Crippen LogP contribution in [-0.4, -0.2) is 65.9 Å². The number of nitrogens with one attached hydrogen (secondary N) is 1. The Labute approximate surface area is 340 Å². The van der Waals surface area contributed by atoms with Crippen LogP contribution in [0, 0.1) is 11.3 Å². The van der Waals surface area contributed by atoms with Crippen molar-refractivity contribution < 1.29 is 28.0 Å². The number of hydrogen-bond donors (Lipinski definition) is 1. The van der Waals surface area contributed by atoms with Crippen molar-refractivity contribution in [3.63, 3.8) is 0 Å². The van der Waals surface area contributed by atoms with Crippen LogP contribution in [0.4, 0.5) is 0 Å². The minimum atomic E-state index is -1.70. The molecule has 0 aliphatic carbocycles. The molecular weight excluding hydrogens is 755 g/mol. The fourth-order valence-corrected chi connectivity index (χ4v) is 9.10. The molecule has 5 aromatic rings. The van der Waals surface area contributed by atoms with Gasteiger partial charge in [0.25, 0.3) is 14.1 Å². The molecular formula is C45H51N4O8P. The Kier molecular flexibility index (Phi) is 14.3. The number of hydrogen-bond acceptors (Lipinski definition) is 10. The minimum absolute atomic E-state index is 0.0164. The molecule has 0 amide bonds. The summed E-state index contributed by atoms with van der Waals surface area (Å²) in [5.74, 6) is 1.39. The third-order valence-electron chi connectivity index (χ3n) is 10.1. The molecule has 1 saturated heterocycles. The summed E-state index contributed by atoms with van der Waals surface area (Å²) in [4.78, 5) is 29.1. The lowest BCUT2D eigenvalue weighted by Gasteiger charge is -2.39. The largest absolute Gasteiger partial charge is 0.497 e. The summed E-state index contributed by atoms with van der Waals surface area (Å²) < 4.78 is 42.0. The monoisotopic (exact) mass is 806 g/mol. The van der Waals surface area contributed by atoms with E-state index in [1.165, 1.54) is 4.57 Å². The van der Waals surface area contributed by atoms with Crippen LogP contribution in [0.25, 0.3) is 11.1 Å². The van der Waals surface area contributed by atoms with E-state index in [1.54, 1.807) is 20.4 Å². The Hall–Kier alpha value is -5.12. The van der Waals surface area contributed by atoms with E-state index in [1.807, 2.05) is 109 Å². The van der Waals surface area contributed by atoms with Gasteiger partial charge in [0.15, 0.2) is 0 Å². The summed E-state index contributed by atoms with van der Waals surface area (Å²) in [6.45, 7) is 8.49. The highest BCUT2D eigenvalue weighted by molar-refractivity contribution is 7.44. The second kappa shape index (κ2) is 19.6. The highest BCUT2D eigenvalue weighted by atomic mass is 31.2. The fraction of sp³-hybridized carbons (Fsp3) is 0.356. The molecule has 1 N–H and O–H groups in total. The predicted molar refractivity (Wildman–Crippen MR) is 224 cm³/mol. The van der Waals surface area contributed by atoms with E-state index in [4.69, 9.17) is 28.0 Å². The molecule has 0 saturated carbocycles. The summed E-state index contributed by atoms with van der Waals surface area (Å²) in [7, 11) is 1.55. The Morgan fingerprint density at radius 1 is 0.845 bits per heavy atom. The van der Waals surface area contributed by atoms with Gasteiger partial charge in [-0.25, -0.2) is 9.46 Å². The molecule has 4 aromatic carbocycles. The van der Waals surface area contributed by atoms with Crippen molar-refractivity contribution in [3.05, 3.63) is 153 Å². The van der Waals surface area contributed by atoms with Crippen molar-refractivity contribution in [1.82, 2.24) is 14.2 Å². The van der Waals surface area contributed by atoms with Crippen LogP contribution in [0.2, 0.25) is 0 Å². The number of H-pyrrole nitrogens is 1. The zero-order valence-corrected chi connectivity index (χ0v) is 34.6. The van der Waals surface area contributed by atoms with Crippen molar-refractivity contribution in [2.24, 2.45) is 0 Å². The van der Waals surface area contributed by atoms with Crippen molar-refractivity contribution in [3.8, 4) is 28.7 Å². The standard InChI is InChI=1S/C45H51N4O8P/c1-31(2)49(32(3)4)58(55-27-13-26-46)57-40-28-42(48-29-39(43(50)47-44(48)51)33-14-9-7-10-15-33)56-41(40)30-54-45(34-16-11-8-12-17-34,35-18-22-37(52-5)23-19-35)36-20-24-38(53-6)25-21-36/h7-12,14-25,29,31-32,40-42H,13,27-28,30H2,1-6H3,(H,47,50,51)/t40?,41-,42-,58?/m1/s1. The van der Waals surface area contributed by atoms with Crippen molar-refractivity contribution in [1.29, 1.82) is 5.26 Å². The molecule has 0 bridgehead atoms. The van der Waals surface area contributed by atoms with E-state index in [0.717, 1.165) is 16.7 Å². The molecule has 1 aromatic heterocycles. The van der Waals surface area contributed by atoms with Crippen molar-refractivity contribution in [2.45, 2.75) is 76.7 Å². The molecule has 1 fully saturated rings. The van der Waals surface area contributed by atoms with Crippen molar-refractivity contribution >= 4 is 8.53 Å². The van der Waals surface area contributed by atoms with Gasteiger partial charge in [-0.15, -0.1) is 0 Å². The number of ether oxygens (including phenoxy) is 4. The molecule has 13 heteroatoms. The number of aromatic nitrogens is 2. The van der Waals surface area contributed by atoms with Gasteiger partial charge in [0.1, 0.15) is 29.4 Å². The lowest BCUT2D eigenvalue weighted by molar-refractivity contribution is -0.0925.